The van der Waals surface area contributed by atoms with Crippen molar-refractivity contribution in [1.82, 2.24) is 0 Å². The average Bonchev–Trinajstić information content (AvgIpc) is 2.65. The van der Waals surface area contributed by atoms with E-state index in [2.05, 4.69) is 22.3 Å². The van der Waals surface area contributed by atoms with Gasteiger partial charge in [0, 0.05) is 17.9 Å². The third-order valence-electron chi connectivity index (χ3n) is 4.11. The SMILES string of the molecule is CCCCCCCNc1ccccc1C(=O)Nc1ccc(OC(F)(F)F)cc1. The quantitative estimate of drug-likeness (QED) is 0.470. The number of nitrogens with one attached hydrogen (secondary N) is 2. The van der Waals surface area contributed by atoms with Crippen LogP contribution in [0.5, 0.6) is 5.75 Å². The van der Waals surface area contributed by atoms with E-state index in [4.69, 9.17) is 0 Å². The van der Waals surface area contributed by atoms with Crippen LogP contribution < -0.4 is 15.4 Å². The molecule has 0 aromatic heterocycles. The lowest BCUT2D eigenvalue weighted by Crippen LogP contribution is -2.17. The third kappa shape index (κ3) is 7.50. The van der Waals surface area contributed by atoms with Gasteiger partial charge in [0.25, 0.3) is 5.91 Å². The zero-order chi connectivity index (χ0) is 20.4. The van der Waals surface area contributed by atoms with Crippen molar-refractivity contribution in [2.75, 3.05) is 17.2 Å². The third-order valence-corrected chi connectivity index (χ3v) is 4.11. The summed E-state index contributed by atoms with van der Waals surface area (Å²) in [6.07, 6.45) is 1.05. The number of unbranched alkanes of at least 4 members (excludes halogenated alkanes) is 4. The van der Waals surface area contributed by atoms with Crippen LogP contribution in [0.2, 0.25) is 0 Å². The summed E-state index contributed by atoms with van der Waals surface area (Å²) in [5.74, 6) is -0.672. The summed E-state index contributed by atoms with van der Waals surface area (Å²) in [4.78, 5) is 12.6. The fraction of sp³-hybridized carbons (Fsp3) is 0.381. The van der Waals surface area contributed by atoms with Gasteiger partial charge < -0.3 is 15.4 Å². The van der Waals surface area contributed by atoms with Crippen LogP contribution in [0.1, 0.15) is 49.4 Å². The molecule has 2 aromatic carbocycles. The minimum absolute atomic E-state index is 0.335. The first-order valence-corrected chi connectivity index (χ1v) is 9.39. The van der Waals surface area contributed by atoms with Crippen molar-refractivity contribution in [2.24, 2.45) is 0 Å². The number of alkyl halides is 3. The maximum Gasteiger partial charge on any atom is 0.573 e. The molecule has 0 aliphatic carbocycles. The molecule has 0 bridgehead atoms. The van der Waals surface area contributed by atoms with E-state index in [1.54, 1.807) is 12.1 Å². The predicted molar refractivity (Wildman–Crippen MR) is 105 cm³/mol. The molecule has 0 spiro atoms. The average molecular weight is 394 g/mol. The molecule has 0 saturated heterocycles. The molecule has 0 aliphatic heterocycles. The molecular weight excluding hydrogens is 369 g/mol. The standard InChI is InChI=1S/C21H25F3N2O2/c1-2-3-4-5-8-15-25-19-10-7-6-9-18(19)20(27)26-16-11-13-17(14-12-16)28-21(22,23)24/h6-7,9-14,25H,2-5,8,15H2,1H3,(H,26,27). The van der Waals surface area contributed by atoms with Crippen LogP contribution >= 0.6 is 0 Å². The van der Waals surface area contributed by atoms with Gasteiger partial charge in [-0.1, -0.05) is 44.7 Å². The second kappa shape index (κ2) is 10.6. The van der Waals surface area contributed by atoms with E-state index >= 15 is 0 Å². The zero-order valence-corrected chi connectivity index (χ0v) is 15.8. The lowest BCUT2D eigenvalue weighted by atomic mass is 10.1. The molecule has 152 valence electrons. The number of rotatable bonds is 10. The van der Waals surface area contributed by atoms with Gasteiger partial charge in [-0.2, -0.15) is 0 Å². The minimum Gasteiger partial charge on any atom is -0.406 e. The maximum absolute atomic E-state index is 12.6. The summed E-state index contributed by atoms with van der Waals surface area (Å²) in [7, 11) is 0. The Morgan fingerprint density at radius 2 is 1.64 bits per heavy atom. The summed E-state index contributed by atoms with van der Waals surface area (Å²) in [6.45, 7) is 2.95. The Kier molecular flexibility index (Phi) is 8.17. The Morgan fingerprint density at radius 3 is 2.32 bits per heavy atom. The highest BCUT2D eigenvalue weighted by molar-refractivity contribution is 6.08. The Hall–Kier alpha value is -2.70. The van der Waals surface area contributed by atoms with Crippen molar-refractivity contribution in [2.45, 2.75) is 45.4 Å². The lowest BCUT2D eigenvalue weighted by molar-refractivity contribution is -0.274. The van der Waals surface area contributed by atoms with E-state index in [1.807, 2.05) is 12.1 Å². The highest BCUT2D eigenvalue weighted by atomic mass is 19.4. The molecule has 28 heavy (non-hydrogen) atoms. The summed E-state index contributed by atoms with van der Waals surface area (Å²) in [5, 5.41) is 5.98. The highest BCUT2D eigenvalue weighted by Crippen LogP contribution is 2.24. The fourth-order valence-electron chi connectivity index (χ4n) is 2.73. The Labute approximate surface area is 163 Å². The summed E-state index contributed by atoms with van der Waals surface area (Å²) in [5.41, 5.74) is 1.59. The van der Waals surface area contributed by atoms with Gasteiger partial charge in [0.1, 0.15) is 5.75 Å². The van der Waals surface area contributed by atoms with Crippen LogP contribution in [0.25, 0.3) is 0 Å². The number of hydrogen-bond donors (Lipinski definition) is 2. The molecule has 1 amide bonds. The first-order chi connectivity index (χ1) is 13.4. The van der Waals surface area contributed by atoms with Crippen molar-refractivity contribution in [3.63, 3.8) is 0 Å². The van der Waals surface area contributed by atoms with Crippen molar-refractivity contribution in [1.29, 1.82) is 0 Å². The summed E-state index contributed by atoms with van der Waals surface area (Å²) < 4.78 is 40.4. The van der Waals surface area contributed by atoms with Crippen LogP contribution in [0.3, 0.4) is 0 Å². The lowest BCUT2D eigenvalue weighted by Gasteiger charge is -2.13. The van der Waals surface area contributed by atoms with Crippen molar-refractivity contribution < 1.29 is 22.7 Å². The predicted octanol–water partition coefficient (Wildman–Crippen LogP) is 6.22. The molecule has 2 aromatic rings. The molecule has 0 unspecified atom stereocenters. The number of amides is 1. The second-order valence-corrected chi connectivity index (χ2v) is 6.41. The second-order valence-electron chi connectivity index (χ2n) is 6.41. The summed E-state index contributed by atoms with van der Waals surface area (Å²) in [6, 6.07) is 12.2. The van der Waals surface area contributed by atoms with Crippen LogP contribution in [0, 0.1) is 0 Å². The van der Waals surface area contributed by atoms with Gasteiger partial charge in [0.05, 0.1) is 5.56 Å². The van der Waals surface area contributed by atoms with E-state index in [0.717, 1.165) is 37.2 Å². The van der Waals surface area contributed by atoms with Crippen LogP contribution in [-0.4, -0.2) is 18.8 Å². The number of hydrogen-bond acceptors (Lipinski definition) is 3. The molecule has 0 saturated carbocycles. The molecule has 0 fully saturated rings. The van der Waals surface area contributed by atoms with Crippen LogP contribution in [-0.2, 0) is 0 Å². The number of carbonyl (C=O) groups excluding carboxylic acids is 1. The number of benzene rings is 2. The molecule has 2 N–H and O–H groups in total. The molecule has 2 rings (SSSR count). The zero-order valence-electron chi connectivity index (χ0n) is 15.8. The van der Waals surface area contributed by atoms with Crippen molar-refractivity contribution in [3.8, 4) is 5.75 Å². The monoisotopic (exact) mass is 394 g/mol. The first kappa shape index (κ1) is 21.6. The van der Waals surface area contributed by atoms with Gasteiger partial charge in [0.15, 0.2) is 0 Å². The Morgan fingerprint density at radius 1 is 0.964 bits per heavy atom. The molecule has 0 heterocycles. The van der Waals surface area contributed by atoms with E-state index in [1.165, 1.54) is 31.4 Å². The fourth-order valence-corrected chi connectivity index (χ4v) is 2.73. The molecular formula is C21H25F3N2O2. The van der Waals surface area contributed by atoms with E-state index < -0.39 is 6.36 Å². The van der Waals surface area contributed by atoms with E-state index in [0.29, 0.717) is 11.3 Å². The maximum atomic E-state index is 12.6. The number of ether oxygens (including phenoxy) is 1. The topological polar surface area (TPSA) is 50.4 Å². The molecule has 0 atom stereocenters. The van der Waals surface area contributed by atoms with Gasteiger partial charge >= 0.3 is 6.36 Å². The Balaban J connectivity index is 1.93. The van der Waals surface area contributed by atoms with Crippen molar-refractivity contribution >= 4 is 17.3 Å². The molecule has 0 radical (unpaired) electrons. The number of halogens is 3. The first-order valence-electron chi connectivity index (χ1n) is 9.39. The minimum atomic E-state index is -4.74. The molecule has 4 nitrogen and oxygen atoms in total. The van der Waals surface area contributed by atoms with Crippen LogP contribution in [0.15, 0.2) is 48.5 Å². The van der Waals surface area contributed by atoms with Crippen molar-refractivity contribution in [3.05, 3.63) is 54.1 Å². The van der Waals surface area contributed by atoms with Gasteiger partial charge in [-0.15, -0.1) is 13.2 Å². The molecule has 7 heteroatoms. The van der Waals surface area contributed by atoms with Gasteiger partial charge in [0.2, 0.25) is 0 Å². The Bertz CT molecular complexity index is 746. The molecule has 0 aliphatic rings. The van der Waals surface area contributed by atoms with E-state index in [9.17, 15) is 18.0 Å². The summed E-state index contributed by atoms with van der Waals surface area (Å²) >= 11 is 0. The van der Waals surface area contributed by atoms with Gasteiger partial charge in [-0.05, 0) is 42.8 Å². The number of carbonyl (C=O) groups is 1. The number of anilines is 2. The highest BCUT2D eigenvalue weighted by Gasteiger charge is 2.30. The van der Waals surface area contributed by atoms with E-state index in [-0.39, 0.29) is 11.7 Å². The largest absolute Gasteiger partial charge is 0.573 e. The van der Waals surface area contributed by atoms with Gasteiger partial charge in [-0.3, -0.25) is 4.79 Å². The van der Waals surface area contributed by atoms with Gasteiger partial charge in [-0.25, -0.2) is 0 Å². The number of para-hydroxylation sites is 1. The normalized spacial score (nSPS) is 11.1. The smallest absolute Gasteiger partial charge is 0.406 e. The van der Waals surface area contributed by atoms with Crippen LogP contribution in [0.4, 0.5) is 24.5 Å².